The lowest BCUT2D eigenvalue weighted by molar-refractivity contribution is -0.145. The molecule has 1 saturated carbocycles. The van der Waals surface area contributed by atoms with Crippen molar-refractivity contribution in [3.05, 3.63) is 68.3 Å². The number of piperidine rings is 1. The minimum atomic E-state index is -4.54. The van der Waals surface area contributed by atoms with E-state index in [2.05, 4.69) is 0 Å². The molecule has 11 heteroatoms. The average Bonchev–Trinajstić information content (AvgIpc) is 3.16. The lowest BCUT2D eigenvalue weighted by Gasteiger charge is -2.21. The first-order valence-corrected chi connectivity index (χ1v) is 12.8. The highest BCUT2D eigenvalue weighted by molar-refractivity contribution is 6.42. The number of benzene rings is 2. The summed E-state index contributed by atoms with van der Waals surface area (Å²) in [6, 6.07) is 6.37. The molecule has 2 fully saturated rings. The number of fused-ring (bicyclic) bond motifs is 2. The summed E-state index contributed by atoms with van der Waals surface area (Å²) >= 11 is 12.9. The van der Waals surface area contributed by atoms with Gasteiger partial charge in [-0.2, -0.15) is 13.2 Å². The number of amides is 1. The Kier molecular flexibility index (Phi) is 6.51. The van der Waals surface area contributed by atoms with Crippen molar-refractivity contribution in [2.45, 2.75) is 20.0 Å². The summed E-state index contributed by atoms with van der Waals surface area (Å²) in [6.45, 7) is 4.33. The van der Waals surface area contributed by atoms with E-state index in [1.807, 2.05) is 0 Å². The van der Waals surface area contributed by atoms with Gasteiger partial charge in [-0.15, -0.1) is 0 Å². The molecule has 3 atom stereocenters. The van der Waals surface area contributed by atoms with Crippen LogP contribution in [0.5, 0.6) is 0 Å². The van der Waals surface area contributed by atoms with Crippen molar-refractivity contribution in [1.82, 2.24) is 9.47 Å². The van der Waals surface area contributed by atoms with Crippen molar-refractivity contribution in [3.63, 3.8) is 0 Å². The number of alkyl halides is 3. The molecule has 1 amide bonds. The molecule has 0 spiro atoms. The highest BCUT2D eigenvalue weighted by Crippen LogP contribution is 2.52. The fraction of sp³-hybridized carbons (Fsp3) is 0.370. The zero-order chi connectivity index (χ0) is 27.7. The summed E-state index contributed by atoms with van der Waals surface area (Å²) in [5, 5.41) is 0.366. The van der Waals surface area contributed by atoms with Crippen LogP contribution < -0.4 is 0 Å². The van der Waals surface area contributed by atoms with E-state index in [1.54, 1.807) is 11.8 Å². The minimum Gasteiger partial charge on any atom is -0.466 e. The van der Waals surface area contributed by atoms with Crippen LogP contribution >= 0.6 is 23.2 Å². The van der Waals surface area contributed by atoms with E-state index in [0.717, 1.165) is 12.1 Å². The predicted octanol–water partition coefficient (Wildman–Crippen LogP) is 5.92. The van der Waals surface area contributed by atoms with E-state index in [-0.39, 0.29) is 56.1 Å². The van der Waals surface area contributed by atoms with Gasteiger partial charge < -0.3 is 14.2 Å². The molecule has 1 saturated heterocycles. The summed E-state index contributed by atoms with van der Waals surface area (Å²) in [5.74, 6) is -1.40. The molecule has 2 aliphatic rings. The second-order valence-corrected chi connectivity index (χ2v) is 10.5. The van der Waals surface area contributed by atoms with Crippen molar-refractivity contribution in [2.24, 2.45) is 24.8 Å². The molecule has 38 heavy (non-hydrogen) atoms. The third-order valence-electron chi connectivity index (χ3n) is 7.52. The third kappa shape index (κ3) is 4.25. The Morgan fingerprint density at radius 2 is 1.74 bits per heavy atom. The molecule has 0 unspecified atom stereocenters. The normalized spacial score (nSPS) is 20.5. The van der Waals surface area contributed by atoms with E-state index in [1.165, 1.54) is 36.7 Å². The van der Waals surface area contributed by atoms with Crippen LogP contribution in [0.25, 0.3) is 10.9 Å². The maximum absolute atomic E-state index is 13.6. The van der Waals surface area contributed by atoms with Crippen LogP contribution in [0.3, 0.4) is 0 Å². The van der Waals surface area contributed by atoms with Crippen molar-refractivity contribution in [1.29, 1.82) is 0 Å². The molecule has 1 aromatic heterocycles. The number of carbonyl (C=O) groups is 3. The van der Waals surface area contributed by atoms with Crippen molar-refractivity contribution >= 4 is 51.8 Å². The van der Waals surface area contributed by atoms with Crippen molar-refractivity contribution < 1.29 is 32.3 Å². The van der Waals surface area contributed by atoms with Gasteiger partial charge in [-0.25, -0.2) is 0 Å². The molecule has 0 radical (unpaired) electrons. The minimum absolute atomic E-state index is 0.0150. The van der Waals surface area contributed by atoms with Crippen LogP contribution in [-0.4, -0.2) is 46.8 Å². The molecule has 1 aliphatic heterocycles. The van der Waals surface area contributed by atoms with Gasteiger partial charge in [0.1, 0.15) is 0 Å². The Morgan fingerprint density at radius 3 is 2.34 bits per heavy atom. The molecular formula is C27H23Cl2F3N2O4. The molecule has 200 valence electrons. The van der Waals surface area contributed by atoms with Gasteiger partial charge in [-0.3, -0.25) is 14.4 Å². The molecule has 0 bridgehead atoms. The summed E-state index contributed by atoms with van der Waals surface area (Å²) < 4.78 is 46.5. The quantitative estimate of drug-likeness (QED) is 0.284. The highest BCUT2D eigenvalue weighted by Gasteiger charge is 2.61. The second-order valence-electron chi connectivity index (χ2n) is 9.74. The number of halogens is 5. The van der Waals surface area contributed by atoms with Gasteiger partial charge in [0.05, 0.1) is 45.0 Å². The van der Waals surface area contributed by atoms with E-state index < -0.39 is 23.4 Å². The first-order valence-electron chi connectivity index (χ1n) is 12.0. The highest BCUT2D eigenvalue weighted by atomic mass is 35.5. The van der Waals surface area contributed by atoms with Gasteiger partial charge in [0.15, 0.2) is 0 Å². The summed E-state index contributed by atoms with van der Waals surface area (Å²) in [6.07, 6.45) is -4.54. The van der Waals surface area contributed by atoms with Gasteiger partial charge in [0, 0.05) is 31.0 Å². The lowest BCUT2D eigenvalue weighted by atomic mass is 10.0. The predicted molar refractivity (Wildman–Crippen MR) is 136 cm³/mol. The van der Waals surface area contributed by atoms with Crippen LogP contribution in [0, 0.1) is 24.7 Å². The molecule has 6 nitrogen and oxygen atoms in total. The number of aryl methyl sites for hydroxylation is 2. The molecular weight excluding hydrogens is 544 g/mol. The standard InChI is InChI=1S/C27H23Cl2F3N2O4/c1-4-38-26(37)21-16-10-34(11-17(16)21)25(36)14-5-6-18(28)22(23(14)29)24(35)20-9-15-12(2)7-13(27(30,31)32)8-19(15)33(20)3/h5-9,16-17,21H,4,10-11H2,1-3H3/t16-,17+,21+. The maximum Gasteiger partial charge on any atom is 0.416 e. The zero-order valence-electron chi connectivity index (χ0n) is 20.7. The SMILES string of the molecule is CCOC(=O)[C@H]1[C@@H]2CN(C(=O)c3ccc(Cl)c(C(=O)c4cc5c(C)cc(C(F)(F)F)cc5n4C)c3Cl)C[C@@H]21. The molecule has 2 aromatic carbocycles. The maximum atomic E-state index is 13.6. The van der Waals surface area contributed by atoms with Gasteiger partial charge in [-0.05, 0) is 61.6 Å². The molecule has 2 heterocycles. The Hall–Kier alpha value is -3.04. The average molecular weight is 567 g/mol. The van der Waals surface area contributed by atoms with Gasteiger partial charge in [0.2, 0.25) is 5.78 Å². The first kappa shape index (κ1) is 26.6. The molecule has 1 aliphatic carbocycles. The summed E-state index contributed by atoms with van der Waals surface area (Å²) in [4.78, 5) is 40.5. The van der Waals surface area contributed by atoms with Crippen molar-refractivity contribution in [3.8, 4) is 0 Å². The monoisotopic (exact) mass is 566 g/mol. The number of likely N-dealkylation sites (tertiary alicyclic amines) is 1. The van der Waals surface area contributed by atoms with Crippen LogP contribution in [0.2, 0.25) is 10.0 Å². The van der Waals surface area contributed by atoms with Gasteiger partial charge in [0.25, 0.3) is 5.91 Å². The van der Waals surface area contributed by atoms with Crippen LogP contribution in [0.1, 0.15) is 44.5 Å². The molecule has 0 N–H and O–H groups in total. The Labute approximate surface area is 226 Å². The Balaban J connectivity index is 1.45. The number of aromatic nitrogens is 1. The van der Waals surface area contributed by atoms with E-state index >= 15 is 0 Å². The number of ether oxygens (including phenoxy) is 1. The van der Waals surface area contributed by atoms with E-state index in [0.29, 0.717) is 30.6 Å². The number of hydrogen-bond donors (Lipinski definition) is 0. The number of ketones is 1. The second kappa shape index (κ2) is 9.31. The Bertz CT molecular complexity index is 1500. The third-order valence-corrected chi connectivity index (χ3v) is 8.22. The van der Waals surface area contributed by atoms with E-state index in [9.17, 15) is 27.6 Å². The van der Waals surface area contributed by atoms with Crippen molar-refractivity contribution in [2.75, 3.05) is 19.7 Å². The fourth-order valence-electron chi connectivity index (χ4n) is 5.49. The molecule has 3 aromatic rings. The number of hydrogen-bond acceptors (Lipinski definition) is 4. The van der Waals surface area contributed by atoms with Gasteiger partial charge >= 0.3 is 12.1 Å². The number of esters is 1. The number of nitrogens with zero attached hydrogens (tertiary/aromatic N) is 2. The van der Waals surface area contributed by atoms with Gasteiger partial charge in [-0.1, -0.05) is 23.2 Å². The van der Waals surface area contributed by atoms with Crippen LogP contribution in [0.4, 0.5) is 13.2 Å². The number of rotatable bonds is 5. The fourth-order valence-corrected chi connectivity index (χ4v) is 6.12. The Morgan fingerprint density at radius 1 is 1.08 bits per heavy atom. The zero-order valence-corrected chi connectivity index (χ0v) is 22.2. The molecule has 5 rings (SSSR count). The topological polar surface area (TPSA) is 68.6 Å². The van der Waals surface area contributed by atoms with Crippen LogP contribution in [-0.2, 0) is 22.8 Å². The first-order chi connectivity index (χ1) is 17.8. The number of carbonyl (C=O) groups excluding carboxylic acids is 3. The van der Waals surface area contributed by atoms with Crippen LogP contribution in [0.15, 0.2) is 30.3 Å². The summed E-state index contributed by atoms with van der Waals surface area (Å²) in [7, 11) is 1.49. The summed E-state index contributed by atoms with van der Waals surface area (Å²) in [5.41, 5.74) is -0.169. The smallest absolute Gasteiger partial charge is 0.416 e. The van der Waals surface area contributed by atoms with E-state index in [4.69, 9.17) is 27.9 Å². The largest absolute Gasteiger partial charge is 0.466 e. The lowest BCUT2D eigenvalue weighted by Crippen LogP contribution is -2.33.